The average molecular weight is 184 g/mol. The predicted octanol–water partition coefficient (Wildman–Crippen LogP) is 2.82. The second-order valence-electron chi connectivity index (χ2n) is 3.47. The number of hydrogen-bond acceptors (Lipinski definition) is 2. The van der Waals surface area contributed by atoms with Crippen LogP contribution in [0.15, 0.2) is 57.8 Å². The van der Waals surface area contributed by atoms with Gasteiger partial charge < -0.3 is 0 Å². The molecule has 2 aliphatic rings. The molecule has 2 rings (SSSR count). The summed E-state index contributed by atoms with van der Waals surface area (Å²) >= 11 is 0. The van der Waals surface area contributed by atoms with Gasteiger partial charge in [-0.3, -0.25) is 9.98 Å². The molecule has 0 unspecified atom stereocenters. The molecule has 2 heterocycles. The molecule has 0 aromatic heterocycles. The van der Waals surface area contributed by atoms with Crippen LogP contribution < -0.4 is 0 Å². The Bertz CT molecular complexity index is 418. The van der Waals surface area contributed by atoms with Crippen molar-refractivity contribution in [2.45, 2.75) is 13.3 Å². The molecule has 0 fully saturated rings. The SMILES string of the molecule is C=C1C=CC=NC(C2=NC=C(C)C2)=C1. The van der Waals surface area contributed by atoms with E-state index in [1.54, 1.807) is 6.21 Å². The standard InChI is InChI=1S/C12H12N2/c1-9-4-3-5-13-11(6-9)12-7-10(2)8-14-12/h3-6,8H,1,7H2,2H3. The molecule has 2 nitrogen and oxygen atoms in total. The molecule has 2 aliphatic heterocycles. The van der Waals surface area contributed by atoms with E-state index in [1.807, 2.05) is 24.4 Å². The Balaban J connectivity index is 2.24. The van der Waals surface area contributed by atoms with E-state index < -0.39 is 0 Å². The average Bonchev–Trinajstić information content (AvgIpc) is 2.45. The van der Waals surface area contributed by atoms with Crippen LogP contribution in [0.3, 0.4) is 0 Å². The van der Waals surface area contributed by atoms with Crippen LogP contribution in [0.2, 0.25) is 0 Å². The van der Waals surface area contributed by atoms with Crippen LogP contribution in [0.5, 0.6) is 0 Å². The third-order valence-electron chi connectivity index (χ3n) is 2.11. The summed E-state index contributed by atoms with van der Waals surface area (Å²) in [5, 5.41) is 0. The van der Waals surface area contributed by atoms with E-state index in [4.69, 9.17) is 0 Å². The smallest absolute Gasteiger partial charge is 0.0853 e. The highest BCUT2D eigenvalue weighted by Crippen LogP contribution is 2.19. The van der Waals surface area contributed by atoms with E-state index in [0.717, 1.165) is 23.4 Å². The Kier molecular flexibility index (Phi) is 2.27. The van der Waals surface area contributed by atoms with Crippen LogP contribution in [-0.4, -0.2) is 11.9 Å². The number of hydrogen-bond donors (Lipinski definition) is 0. The fourth-order valence-electron chi connectivity index (χ4n) is 1.41. The summed E-state index contributed by atoms with van der Waals surface area (Å²) in [6.07, 6.45) is 10.4. The molecular weight excluding hydrogens is 172 g/mol. The molecule has 0 aromatic rings. The van der Waals surface area contributed by atoms with Crippen molar-refractivity contribution in [2.24, 2.45) is 9.98 Å². The van der Waals surface area contributed by atoms with Gasteiger partial charge in [0, 0.05) is 18.8 Å². The van der Waals surface area contributed by atoms with E-state index in [9.17, 15) is 0 Å². The molecule has 0 amide bonds. The van der Waals surface area contributed by atoms with Crippen molar-refractivity contribution in [1.82, 2.24) is 0 Å². The van der Waals surface area contributed by atoms with E-state index in [-0.39, 0.29) is 0 Å². The van der Waals surface area contributed by atoms with Gasteiger partial charge in [-0.25, -0.2) is 0 Å². The van der Waals surface area contributed by atoms with Gasteiger partial charge in [-0.05, 0) is 30.2 Å². The third kappa shape index (κ3) is 1.79. The molecule has 0 aromatic carbocycles. The van der Waals surface area contributed by atoms with Crippen LogP contribution in [0.25, 0.3) is 0 Å². The lowest BCUT2D eigenvalue weighted by molar-refractivity contribution is 1.28. The number of allylic oxidation sites excluding steroid dienone is 6. The normalized spacial score (nSPS) is 20.4. The lowest BCUT2D eigenvalue weighted by Gasteiger charge is -2.00. The minimum Gasteiger partial charge on any atom is -0.259 e. The highest BCUT2D eigenvalue weighted by molar-refractivity contribution is 6.04. The van der Waals surface area contributed by atoms with E-state index in [2.05, 4.69) is 23.5 Å². The van der Waals surface area contributed by atoms with Gasteiger partial charge in [0.15, 0.2) is 0 Å². The maximum absolute atomic E-state index is 4.32. The molecule has 14 heavy (non-hydrogen) atoms. The first-order valence-electron chi connectivity index (χ1n) is 4.60. The monoisotopic (exact) mass is 184 g/mol. The summed E-state index contributed by atoms with van der Waals surface area (Å²) in [6, 6.07) is 0. The zero-order valence-electron chi connectivity index (χ0n) is 8.20. The zero-order valence-corrected chi connectivity index (χ0v) is 8.20. The van der Waals surface area contributed by atoms with Gasteiger partial charge >= 0.3 is 0 Å². The molecule has 0 atom stereocenters. The second kappa shape index (κ2) is 3.58. The fraction of sp³-hybridized carbons (Fsp3) is 0.167. The molecular formula is C12H12N2. The third-order valence-corrected chi connectivity index (χ3v) is 2.11. The topological polar surface area (TPSA) is 24.7 Å². The van der Waals surface area contributed by atoms with Crippen molar-refractivity contribution in [2.75, 3.05) is 0 Å². The lowest BCUT2D eigenvalue weighted by atomic mass is 10.1. The van der Waals surface area contributed by atoms with Gasteiger partial charge in [0.2, 0.25) is 0 Å². The molecule has 2 heteroatoms. The first kappa shape index (κ1) is 8.88. The largest absolute Gasteiger partial charge is 0.259 e. The Morgan fingerprint density at radius 1 is 1.43 bits per heavy atom. The van der Waals surface area contributed by atoms with Gasteiger partial charge in [-0.2, -0.15) is 0 Å². The van der Waals surface area contributed by atoms with Crippen molar-refractivity contribution in [3.63, 3.8) is 0 Å². The molecule has 0 spiro atoms. The Morgan fingerprint density at radius 3 is 3.00 bits per heavy atom. The van der Waals surface area contributed by atoms with Gasteiger partial charge in [0.05, 0.1) is 11.4 Å². The van der Waals surface area contributed by atoms with E-state index in [0.29, 0.717) is 0 Å². The number of nitrogens with zero attached hydrogens (tertiary/aromatic N) is 2. The van der Waals surface area contributed by atoms with Crippen LogP contribution in [-0.2, 0) is 0 Å². The van der Waals surface area contributed by atoms with Crippen LogP contribution in [0, 0.1) is 0 Å². The minimum atomic E-state index is 0.899. The zero-order chi connectivity index (χ0) is 9.97. The summed E-state index contributed by atoms with van der Waals surface area (Å²) < 4.78 is 0. The first-order chi connectivity index (χ1) is 6.75. The molecule has 0 aliphatic carbocycles. The van der Waals surface area contributed by atoms with Crippen LogP contribution >= 0.6 is 0 Å². The van der Waals surface area contributed by atoms with Crippen LogP contribution in [0.1, 0.15) is 13.3 Å². The lowest BCUT2D eigenvalue weighted by Crippen LogP contribution is -1.98. The van der Waals surface area contributed by atoms with Crippen molar-refractivity contribution >= 4 is 11.9 Å². The second-order valence-corrected chi connectivity index (χ2v) is 3.47. The maximum atomic E-state index is 4.32. The highest BCUT2D eigenvalue weighted by Gasteiger charge is 2.11. The van der Waals surface area contributed by atoms with Crippen molar-refractivity contribution in [3.8, 4) is 0 Å². The Hall–Kier alpha value is -1.70. The fourth-order valence-corrected chi connectivity index (χ4v) is 1.41. The molecule has 0 bridgehead atoms. The number of rotatable bonds is 1. The quantitative estimate of drug-likeness (QED) is 0.598. The molecule has 70 valence electrons. The minimum absolute atomic E-state index is 0.899. The van der Waals surface area contributed by atoms with Gasteiger partial charge in [-0.15, -0.1) is 0 Å². The van der Waals surface area contributed by atoms with Gasteiger partial charge in [-0.1, -0.05) is 12.7 Å². The Morgan fingerprint density at radius 2 is 2.29 bits per heavy atom. The van der Waals surface area contributed by atoms with Crippen LogP contribution in [0.4, 0.5) is 0 Å². The van der Waals surface area contributed by atoms with E-state index in [1.165, 1.54) is 5.57 Å². The first-order valence-corrected chi connectivity index (χ1v) is 4.60. The van der Waals surface area contributed by atoms with Gasteiger partial charge in [0.1, 0.15) is 0 Å². The summed E-state index contributed by atoms with van der Waals surface area (Å²) in [5.74, 6) is 0. The summed E-state index contributed by atoms with van der Waals surface area (Å²) in [5.41, 5.74) is 4.19. The van der Waals surface area contributed by atoms with Crippen molar-refractivity contribution in [1.29, 1.82) is 0 Å². The molecule has 0 saturated heterocycles. The molecule has 0 radical (unpaired) electrons. The summed E-state index contributed by atoms with van der Waals surface area (Å²) in [6.45, 7) is 5.97. The highest BCUT2D eigenvalue weighted by atomic mass is 14.8. The maximum Gasteiger partial charge on any atom is 0.0853 e. The molecule has 0 N–H and O–H groups in total. The number of aliphatic imine (C=N–C) groups is 2. The predicted molar refractivity (Wildman–Crippen MR) is 60.7 cm³/mol. The van der Waals surface area contributed by atoms with E-state index >= 15 is 0 Å². The van der Waals surface area contributed by atoms with Crippen molar-refractivity contribution in [3.05, 3.63) is 47.9 Å². The van der Waals surface area contributed by atoms with Gasteiger partial charge in [0.25, 0.3) is 0 Å². The molecule has 0 saturated carbocycles. The summed E-state index contributed by atoms with van der Waals surface area (Å²) in [7, 11) is 0. The summed E-state index contributed by atoms with van der Waals surface area (Å²) in [4.78, 5) is 8.63. The van der Waals surface area contributed by atoms with Crippen molar-refractivity contribution < 1.29 is 0 Å². The Labute approximate surface area is 83.8 Å².